The standard InChI is InChI=1S/C23H22FN3O4S/c24-14-2-4-17(5-3-14)32(30,31)27-16-10-19-18(13-21(28)23(19)7-1-8-23)20(11-16)26-15-6-9-25-22(29)12-15/h2-5,10-12,26-27H,1,6-9,13H2,(H,25,29). The number of nitrogens with one attached hydrogen (secondary N) is 3. The molecule has 1 spiro atoms. The van der Waals surface area contributed by atoms with Crippen molar-refractivity contribution in [3.05, 3.63) is 65.1 Å². The number of ketones is 1. The molecule has 0 saturated heterocycles. The van der Waals surface area contributed by atoms with Crippen LogP contribution in [-0.2, 0) is 31.4 Å². The summed E-state index contributed by atoms with van der Waals surface area (Å²) >= 11 is 0. The number of amides is 1. The summed E-state index contributed by atoms with van der Waals surface area (Å²) in [6.07, 6.45) is 4.80. The molecule has 2 aromatic rings. The van der Waals surface area contributed by atoms with E-state index in [9.17, 15) is 22.4 Å². The van der Waals surface area contributed by atoms with Crippen LogP contribution in [0.5, 0.6) is 0 Å². The number of hydrogen-bond acceptors (Lipinski definition) is 5. The molecule has 32 heavy (non-hydrogen) atoms. The Morgan fingerprint density at radius 2 is 1.81 bits per heavy atom. The summed E-state index contributed by atoms with van der Waals surface area (Å²) in [4.78, 5) is 24.6. The molecule has 0 aromatic heterocycles. The number of halogens is 1. The third-order valence-electron chi connectivity index (χ3n) is 6.51. The van der Waals surface area contributed by atoms with Crippen LogP contribution in [0.25, 0.3) is 0 Å². The first-order valence-corrected chi connectivity index (χ1v) is 12.0. The quantitative estimate of drug-likeness (QED) is 0.643. The van der Waals surface area contributed by atoms with Crippen LogP contribution < -0.4 is 15.4 Å². The van der Waals surface area contributed by atoms with E-state index in [2.05, 4.69) is 15.4 Å². The number of fused-ring (bicyclic) bond motifs is 2. The molecule has 2 aliphatic carbocycles. The van der Waals surface area contributed by atoms with Gasteiger partial charge < -0.3 is 10.6 Å². The highest BCUT2D eigenvalue weighted by molar-refractivity contribution is 7.92. The molecule has 1 aliphatic heterocycles. The fraction of sp³-hybridized carbons (Fsp3) is 0.304. The minimum atomic E-state index is -3.95. The fourth-order valence-corrected chi connectivity index (χ4v) is 5.76. The van der Waals surface area contributed by atoms with Crippen molar-refractivity contribution >= 4 is 33.1 Å². The first-order valence-electron chi connectivity index (χ1n) is 10.5. The number of rotatable bonds is 5. The van der Waals surface area contributed by atoms with E-state index in [4.69, 9.17) is 0 Å². The Hall–Kier alpha value is -3.20. The maximum absolute atomic E-state index is 13.2. The van der Waals surface area contributed by atoms with E-state index < -0.39 is 21.3 Å². The lowest BCUT2D eigenvalue weighted by Crippen LogP contribution is -2.39. The van der Waals surface area contributed by atoms with Crippen LogP contribution in [0.4, 0.5) is 15.8 Å². The number of benzene rings is 2. The maximum atomic E-state index is 13.2. The van der Waals surface area contributed by atoms with Gasteiger partial charge in [-0.05, 0) is 60.4 Å². The molecule has 3 aliphatic rings. The zero-order chi connectivity index (χ0) is 22.5. The van der Waals surface area contributed by atoms with Crippen LogP contribution in [0.1, 0.15) is 36.8 Å². The second-order valence-electron chi connectivity index (χ2n) is 8.48. The molecule has 1 fully saturated rings. The molecule has 9 heteroatoms. The Morgan fingerprint density at radius 1 is 1.06 bits per heavy atom. The third kappa shape index (κ3) is 3.46. The van der Waals surface area contributed by atoms with Gasteiger partial charge in [0, 0.05) is 36.8 Å². The fourth-order valence-electron chi connectivity index (χ4n) is 4.72. The monoisotopic (exact) mass is 455 g/mol. The molecular formula is C23H22FN3O4S. The van der Waals surface area contributed by atoms with Gasteiger partial charge in [-0.2, -0.15) is 0 Å². The van der Waals surface area contributed by atoms with E-state index in [1.54, 1.807) is 12.1 Å². The predicted octanol–water partition coefficient (Wildman–Crippen LogP) is 2.99. The summed E-state index contributed by atoms with van der Waals surface area (Å²) in [5.41, 5.74) is 2.79. The lowest BCUT2D eigenvalue weighted by Gasteiger charge is -2.38. The van der Waals surface area contributed by atoms with Crippen molar-refractivity contribution in [3.63, 3.8) is 0 Å². The topological polar surface area (TPSA) is 104 Å². The van der Waals surface area contributed by atoms with E-state index in [0.29, 0.717) is 30.0 Å². The number of carbonyl (C=O) groups is 2. The molecule has 1 amide bonds. The van der Waals surface area contributed by atoms with Crippen LogP contribution in [0, 0.1) is 5.82 Å². The summed E-state index contributed by atoms with van der Waals surface area (Å²) in [5, 5.41) is 5.98. The molecule has 2 aromatic carbocycles. The smallest absolute Gasteiger partial charge is 0.261 e. The van der Waals surface area contributed by atoms with Gasteiger partial charge in [0.25, 0.3) is 10.0 Å². The van der Waals surface area contributed by atoms with E-state index in [1.807, 2.05) is 0 Å². The molecule has 166 valence electrons. The maximum Gasteiger partial charge on any atom is 0.261 e. The van der Waals surface area contributed by atoms with Crippen LogP contribution in [0.3, 0.4) is 0 Å². The van der Waals surface area contributed by atoms with E-state index >= 15 is 0 Å². The average Bonchev–Trinajstić information content (AvgIpc) is 3.00. The SMILES string of the molecule is O=C1C=C(Nc2cc(NS(=O)(=O)c3ccc(F)cc3)cc3c2CC(=O)C32CCC2)CCN1. The van der Waals surface area contributed by atoms with Crippen molar-refractivity contribution in [1.29, 1.82) is 0 Å². The molecule has 0 atom stereocenters. The van der Waals surface area contributed by atoms with E-state index in [0.717, 1.165) is 42.5 Å². The molecule has 3 N–H and O–H groups in total. The van der Waals surface area contributed by atoms with Crippen molar-refractivity contribution in [1.82, 2.24) is 5.32 Å². The molecule has 7 nitrogen and oxygen atoms in total. The van der Waals surface area contributed by atoms with Crippen molar-refractivity contribution in [2.45, 2.75) is 42.4 Å². The van der Waals surface area contributed by atoms with Crippen molar-refractivity contribution in [2.24, 2.45) is 0 Å². The first kappa shape index (κ1) is 20.7. The molecule has 0 unspecified atom stereocenters. The Bertz CT molecular complexity index is 1260. The Balaban J connectivity index is 1.56. The van der Waals surface area contributed by atoms with Crippen LogP contribution in [0.15, 0.2) is 53.1 Å². The lowest BCUT2D eigenvalue weighted by molar-refractivity contribution is -0.125. The molecule has 1 heterocycles. The third-order valence-corrected chi connectivity index (χ3v) is 7.91. The first-order chi connectivity index (χ1) is 15.3. The summed E-state index contributed by atoms with van der Waals surface area (Å²) in [6.45, 7) is 0.500. The molecule has 0 radical (unpaired) electrons. The van der Waals surface area contributed by atoms with Gasteiger partial charge in [-0.3, -0.25) is 14.3 Å². The van der Waals surface area contributed by atoms with Crippen LogP contribution in [-0.4, -0.2) is 26.7 Å². The number of hydrogen-bond donors (Lipinski definition) is 3. The van der Waals surface area contributed by atoms with Crippen molar-refractivity contribution < 1.29 is 22.4 Å². The van der Waals surface area contributed by atoms with Gasteiger partial charge in [0.15, 0.2) is 0 Å². The lowest BCUT2D eigenvalue weighted by atomic mass is 9.64. The second-order valence-corrected chi connectivity index (χ2v) is 10.2. The molecule has 1 saturated carbocycles. The number of anilines is 2. The van der Waals surface area contributed by atoms with E-state index in [1.165, 1.54) is 18.2 Å². The van der Waals surface area contributed by atoms with Crippen LogP contribution >= 0.6 is 0 Å². The molecule has 0 bridgehead atoms. The number of Topliss-reactive ketones (excluding diaryl/α,β-unsaturated/α-hetero) is 1. The zero-order valence-electron chi connectivity index (χ0n) is 17.2. The van der Waals surface area contributed by atoms with Crippen LogP contribution in [0.2, 0.25) is 0 Å². The van der Waals surface area contributed by atoms with Gasteiger partial charge in [-0.25, -0.2) is 12.8 Å². The summed E-state index contributed by atoms with van der Waals surface area (Å²) in [6, 6.07) is 7.98. The highest BCUT2D eigenvalue weighted by atomic mass is 32.2. The van der Waals surface area contributed by atoms with Crippen molar-refractivity contribution in [2.75, 3.05) is 16.6 Å². The largest absolute Gasteiger partial charge is 0.358 e. The molecule has 5 rings (SSSR count). The highest BCUT2D eigenvalue weighted by Gasteiger charge is 2.51. The van der Waals surface area contributed by atoms with Crippen molar-refractivity contribution in [3.8, 4) is 0 Å². The highest BCUT2D eigenvalue weighted by Crippen LogP contribution is 2.53. The van der Waals surface area contributed by atoms with Gasteiger partial charge >= 0.3 is 0 Å². The Labute approximate surface area is 185 Å². The molecular weight excluding hydrogens is 433 g/mol. The summed E-state index contributed by atoms with van der Waals surface area (Å²) in [7, 11) is -3.95. The zero-order valence-corrected chi connectivity index (χ0v) is 18.0. The number of carbonyl (C=O) groups excluding carboxylic acids is 2. The number of sulfonamides is 1. The normalized spacial score (nSPS) is 19.1. The average molecular weight is 456 g/mol. The summed E-state index contributed by atoms with van der Waals surface area (Å²) in [5.74, 6) is -0.575. The van der Waals surface area contributed by atoms with Gasteiger partial charge in [0.2, 0.25) is 5.91 Å². The van der Waals surface area contributed by atoms with Gasteiger partial charge in [0.05, 0.1) is 16.0 Å². The second kappa shape index (κ2) is 7.44. The minimum Gasteiger partial charge on any atom is -0.358 e. The van der Waals surface area contributed by atoms with Gasteiger partial charge in [0.1, 0.15) is 11.6 Å². The van der Waals surface area contributed by atoms with Gasteiger partial charge in [-0.1, -0.05) is 6.42 Å². The van der Waals surface area contributed by atoms with Gasteiger partial charge in [-0.15, -0.1) is 0 Å². The predicted molar refractivity (Wildman–Crippen MR) is 117 cm³/mol. The summed E-state index contributed by atoms with van der Waals surface area (Å²) < 4.78 is 41.6. The van der Waals surface area contributed by atoms with E-state index in [-0.39, 0.29) is 23.0 Å². The Kier molecular flexibility index (Phi) is 4.81. The minimum absolute atomic E-state index is 0.0602. The Morgan fingerprint density at radius 3 is 2.47 bits per heavy atom.